The largest absolute Gasteiger partial charge is 0.534 e. The number of halogens is 3. The van der Waals surface area contributed by atoms with Crippen LogP contribution in [0.15, 0.2) is 108 Å². The summed E-state index contributed by atoms with van der Waals surface area (Å²) in [7, 11) is -5.66. The van der Waals surface area contributed by atoms with Gasteiger partial charge in [0.2, 0.25) is 0 Å². The molecule has 0 atom stereocenters. The lowest BCUT2D eigenvalue weighted by Crippen LogP contribution is -2.32. The number of para-hydroxylation sites is 2. The molecule has 11 heteroatoms. The number of furan rings is 1. The normalized spacial score (nSPS) is 16.0. The lowest BCUT2D eigenvalue weighted by atomic mass is 9.89. The number of rotatable bonds is 7. The SMILES string of the molecule is C=CCSCC1=CC(C)(C)Nc2ccc(-c3cccc4c3oc3ccccc34)cc21.CC1=CC(C)(C)Nc2ccc(OS(=O)(=O)C(F)(F)F)cc21. The Hall–Kier alpha value is -4.61. The van der Waals surface area contributed by atoms with Crippen LogP contribution in [0.5, 0.6) is 5.75 Å². The molecule has 2 N–H and O–H groups in total. The van der Waals surface area contributed by atoms with Gasteiger partial charge in [-0.3, -0.25) is 0 Å². The van der Waals surface area contributed by atoms with E-state index in [1.165, 1.54) is 40.6 Å². The summed E-state index contributed by atoms with van der Waals surface area (Å²) in [5.74, 6) is 1.56. The summed E-state index contributed by atoms with van der Waals surface area (Å²) < 4.78 is 69.3. The van der Waals surface area contributed by atoms with E-state index in [4.69, 9.17) is 4.42 Å². The third-order valence-electron chi connectivity index (χ3n) is 8.51. The van der Waals surface area contributed by atoms with Crippen molar-refractivity contribution in [3.63, 3.8) is 0 Å². The fourth-order valence-corrected chi connectivity index (χ4v) is 7.71. The Bertz CT molecular complexity index is 2320. The van der Waals surface area contributed by atoms with Crippen molar-refractivity contribution < 1.29 is 30.2 Å². The number of fused-ring (bicyclic) bond motifs is 5. The Morgan fingerprint density at radius 3 is 2.24 bits per heavy atom. The van der Waals surface area contributed by atoms with E-state index in [0.717, 1.165) is 44.6 Å². The first kappa shape index (κ1) is 36.2. The van der Waals surface area contributed by atoms with Crippen molar-refractivity contribution >= 4 is 66.3 Å². The molecule has 2 aliphatic rings. The molecule has 4 aromatic carbocycles. The molecular formula is C40H39F3N2O4S2. The third kappa shape index (κ3) is 7.69. The summed E-state index contributed by atoms with van der Waals surface area (Å²) in [6.07, 6.45) is 6.23. The molecule has 1 aromatic heterocycles. The molecule has 0 amide bonds. The Balaban J connectivity index is 0.000000188. The quantitative estimate of drug-likeness (QED) is 0.0746. The van der Waals surface area contributed by atoms with Crippen LogP contribution in [0, 0.1) is 0 Å². The van der Waals surface area contributed by atoms with Crippen LogP contribution in [-0.4, -0.2) is 36.5 Å². The molecule has 3 heterocycles. The molecule has 7 rings (SSSR count). The van der Waals surface area contributed by atoms with Gasteiger partial charge in [0, 0.05) is 50.3 Å². The fraction of sp³-hybridized carbons (Fsp3) is 0.250. The summed E-state index contributed by atoms with van der Waals surface area (Å²) in [4.78, 5) is 0. The molecule has 0 saturated heterocycles. The second kappa shape index (κ2) is 13.5. The summed E-state index contributed by atoms with van der Waals surface area (Å²) in [5, 5.41) is 9.18. The first-order valence-corrected chi connectivity index (χ1v) is 18.9. The summed E-state index contributed by atoms with van der Waals surface area (Å²) >= 11 is 1.90. The van der Waals surface area contributed by atoms with Crippen molar-refractivity contribution in [3.05, 3.63) is 115 Å². The predicted molar refractivity (Wildman–Crippen MR) is 206 cm³/mol. The molecule has 0 unspecified atom stereocenters. The van der Waals surface area contributed by atoms with Gasteiger partial charge in [-0.15, -0.1) is 6.58 Å². The number of alkyl halides is 3. The highest BCUT2D eigenvalue weighted by Gasteiger charge is 2.48. The van der Waals surface area contributed by atoms with Crippen molar-refractivity contribution in [1.29, 1.82) is 0 Å². The van der Waals surface area contributed by atoms with E-state index in [9.17, 15) is 21.6 Å². The monoisotopic (exact) mass is 732 g/mol. The number of nitrogens with one attached hydrogen (secondary N) is 2. The Morgan fingerprint density at radius 2 is 1.51 bits per heavy atom. The van der Waals surface area contributed by atoms with Crippen molar-refractivity contribution in [2.75, 3.05) is 22.1 Å². The van der Waals surface area contributed by atoms with Crippen molar-refractivity contribution in [2.24, 2.45) is 0 Å². The van der Waals surface area contributed by atoms with Crippen LogP contribution < -0.4 is 14.8 Å². The van der Waals surface area contributed by atoms with E-state index in [2.05, 4.69) is 89.9 Å². The number of benzene rings is 4. The highest BCUT2D eigenvalue weighted by molar-refractivity contribution is 7.99. The van der Waals surface area contributed by atoms with Gasteiger partial charge in [0.15, 0.2) is 0 Å². The second-order valence-electron chi connectivity index (χ2n) is 13.7. The first-order chi connectivity index (χ1) is 24.0. The fourth-order valence-electron chi connectivity index (χ4n) is 6.52. The molecule has 0 bridgehead atoms. The minimum Gasteiger partial charge on any atom is -0.455 e. The predicted octanol–water partition coefficient (Wildman–Crippen LogP) is 11.3. The van der Waals surface area contributed by atoms with Gasteiger partial charge in [-0.1, -0.05) is 60.7 Å². The van der Waals surface area contributed by atoms with Crippen LogP contribution in [-0.2, 0) is 10.1 Å². The Kier molecular flexibility index (Phi) is 9.58. The van der Waals surface area contributed by atoms with Gasteiger partial charge in [0.25, 0.3) is 0 Å². The van der Waals surface area contributed by atoms with E-state index in [1.807, 2.05) is 49.9 Å². The van der Waals surface area contributed by atoms with Gasteiger partial charge >= 0.3 is 15.6 Å². The van der Waals surface area contributed by atoms with Gasteiger partial charge in [-0.2, -0.15) is 33.4 Å². The molecular weight excluding hydrogens is 694 g/mol. The number of anilines is 2. The molecule has 0 fully saturated rings. The molecule has 6 nitrogen and oxygen atoms in total. The zero-order valence-corrected chi connectivity index (χ0v) is 30.6. The average molecular weight is 733 g/mol. The number of hydrogen-bond donors (Lipinski definition) is 2. The summed E-state index contributed by atoms with van der Waals surface area (Å²) in [6.45, 7) is 14.0. The molecule has 5 aromatic rings. The maximum atomic E-state index is 12.3. The Labute approximate surface area is 300 Å². The molecule has 51 heavy (non-hydrogen) atoms. The van der Waals surface area contributed by atoms with E-state index in [-0.39, 0.29) is 16.8 Å². The Morgan fingerprint density at radius 1 is 0.843 bits per heavy atom. The first-order valence-electron chi connectivity index (χ1n) is 16.3. The van der Waals surface area contributed by atoms with Gasteiger partial charge in [0.1, 0.15) is 16.9 Å². The maximum Gasteiger partial charge on any atom is 0.534 e. The van der Waals surface area contributed by atoms with Crippen LogP contribution >= 0.6 is 11.8 Å². The molecule has 0 radical (unpaired) electrons. The minimum atomic E-state index is -5.66. The third-order valence-corrected chi connectivity index (χ3v) is 10.5. The molecule has 0 spiro atoms. The van der Waals surface area contributed by atoms with Gasteiger partial charge in [-0.05, 0) is 87.7 Å². The van der Waals surface area contributed by atoms with Crippen LogP contribution in [0.1, 0.15) is 45.7 Å². The smallest absolute Gasteiger partial charge is 0.455 e. The molecule has 0 saturated carbocycles. The van der Waals surface area contributed by atoms with Crippen LogP contribution in [0.3, 0.4) is 0 Å². The van der Waals surface area contributed by atoms with Crippen LogP contribution in [0.4, 0.5) is 24.5 Å². The standard InChI is InChI=1S/C27H25NOS.C13H14F3NO3S/c1-4-14-30-17-19-16-27(2,3)28-24-13-12-18(15-23(19)24)20-9-7-10-22-21-8-5-6-11-25(21)29-26(20)22;1-8-7-12(2,3)17-11-5-4-9(6-10(8)11)20-21(18,19)13(14,15)16/h4-13,15-16,28H,1,14,17H2,2-3H3;4-7,17H,1-3H3. The average Bonchev–Trinajstić information content (AvgIpc) is 3.43. The van der Waals surface area contributed by atoms with E-state index >= 15 is 0 Å². The van der Waals surface area contributed by atoms with E-state index in [1.54, 1.807) is 6.92 Å². The number of thioether (sulfide) groups is 1. The van der Waals surface area contributed by atoms with Gasteiger partial charge in [-0.25, -0.2) is 0 Å². The zero-order valence-electron chi connectivity index (χ0n) is 28.9. The molecule has 266 valence electrons. The van der Waals surface area contributed by atoms with Crippen LogP contribution in [0.25, 0.3) is 44.2 Å². The van der Waals surface area contributed by atoms with E-state index < -0.39 is 15.6 Å². The number of hydrogen-bond acceptors (Lipinski definition) is 7. The minimum absolute atomic E-state index is 0.0582. The number of allylic oxidation sites excluding steroid dienone is 1. The lowest BCUT2D eigenvalue weighted by Gasteiger charge is -2.32. The highest BCUT2D eigenvalue weighted by Crippen LogP contribution is 2.41. The topological polar surface area (TPSA) is 80.6 Å². The lowest BCUT2D eigenvalue weighted by molar-refractivity contribution is -0.0500. The molecule has 2 aliphatic heterocycles. The summed E-state index contributed by atoms with van der Waals surface area (Å²) in [5.41, 5.74) is 4.37. The van der Waals surface area contributed by atoms with Crippen molar-refractivity contribution in [1.82, 2.24) is 0 Å². The zero-order chi connectivity index (χ0) is 36.8. The van der Waals surface area contributed by atoms with Gasteiger partial charge < -0.3 is 19.2 Å². The van der Waals surface area contributed by atoms with E-state index in [0.29, 0.717) is 11.3 Å². The highest BCUT2D eigenvalue weighted by atomic mass is 32.2. The van der Waals surface area contributed by atoms with Crippen molar-refractivity contribution in [2.45, 2.75) is 51.2 Å². The second-order valence-corrected chi connectivity index (χ2v) is 16.3. The maximum absolute atomic E-state index is 12.3. The van der Waals surface area contributed by atoms with Crippen LogP contribution in [0.2, 0.25) is 0 Å². The molecule has 0 aliphatic carbocycles. The van der Waals surface area contributed by atoms with Gasteiger partial charge in [0.05, 0.1) is 11.1 Å². The summed E-state index contributed by atoms with van der Waals surface area (Å²) in [6, 6.07) is 25.3. The van der Waals surface area contributed by atoms with Crippen molar-refractivity contribution in [3.8, 4) is 16.9 Å².